The standard InChI is InChI=1S/C15H12Cl2O2/c1-8-6-14(17)9(2)5-12(8)11-4-3-10(16)7-13(11)15(18)19/h3-7H,1-2H3,(H,18,19). The van der Waals surface area contributed by atoms with Gasteiger partial charge in [-0.3, -0.25) is 0 Å². The Balaban J connectivity index is 2.72. The molecule has 0 saturated carbocycles. The van der Waals surface area contributed by atoms with Gasteiger partial charge in [0.1, 0.15) is 0 Å². The molecule has 0 amide bonds. The summed E-state index contributed by atoms with van der Waals surface area (Å²) < 4.78 is 0. The number of halogens is 2. The second-order valence-electron chi connectivity index (χ2n) is 4.41. The zero-order chi connectivity index (χ0) is 14.2. The van der Waals surface area contributed by atoms with E-state index in [9.17, 15) is 9.90 Å². The summed E-state index contributed by atoms with van der Waals surface area (Å²) in [6, 6.07) is 8.61. The number of aromatic carboxylic acids is 1. The molecule has 0 aromatic heterocycles. The summed E-state index contributed by atoms with van der Waals surface area (Å²) in [5, 5.41) is 10.4. The third-order valence-corrected chi connectivity index (χ3v) is 3.65. The van der Waals surface area contributed by atoms with E-state index in [4.69, 9.17) is 23.2 Å². The number of aryl methyl sites for hydroxylation is 2. The van der Waals surface area contributed by atoms with Gasteiger partial charge in [0.05, 0.1) is 5.56 Å². The summed E-state index contributed by atoms with van der Waals surface area (Å²) >= 11 is 11.9. The Hall–Kier alpha value is -1.51. The van der Waals surface area contributed by atoms with E-state index in [1.165, 1.54) is 6.07 Å². The fourth-order valence-corrected chi connectivity index (χ4v) is 2.39. The molecule has 0 bridgehead atoms. The number of hydrogen-bond acceptors (Lipinski definition) is 1. The van der Waals surface area contributed by atoms with Crippen LogP contribution in [-0.4, -0.2) is 11.1 Å². The Morgan fingerprint density at radius 1 is 1.00 bits per heavy atom. The van der Waals surface area contributed by atoms with Gasteiger partial charge in [-0.15, -0.1) is 0 Å². The van der Waals surface area contributed by atoms with Crippen LogP contribution >= 0.6 is 23.2 Å². The molecular weight excluding hydrogens is 283 g/mol. The first-order valence-corrected chi connectivity index (χ1v) is 6.45. The maximum atomic E-state index is 11.3. The molecule has 2 aromatic carbocycles. The Kier molecular flexibility index (Phi) is 3.83. The van der Waals surface area contributed by atoms with E-state index in [1.54, 1.807) is 12.1 Å². The molecule has 0 heterocycles. The van der Waals surface area contributed by atoms with E-state index >= 15 is 0 Å². The summed E-state index contributed by atoms with van der Waals surface area (Å²) in [5.74, 6) is -0.996. The summed E-state index contributed by atoms with van der Waals surface area (Å²) in [7, 11) is 0. The van der Waals surface area contributed by atoms with Gasteiger partial charge >= 0.3 is 5.97 Å². The average molecular weight is 295 g/mol. The number of carboxylic acids is 1. The Morgan fingerprint density at radius 2 is 1.68 bits per heavy atom. The predicted molar refractivity (Wildman–Crippen MR) is 78.3 cm³/mol. The van der Waals surface area contributed by atoms with E-state index in [1.807, 2.05) is 26.0 Å². The molecule has 2 nitrogen and oxygen atoms in total. The van der Waals surface area contributed by atoms with Crippen molar-refractivity contribution in [3.05, 3.63) is 57.1 Å². The smallest absolute Gasteiger partial charge is 0.336 e. The molecule has 0 aliphatic rings. The van der Waals surface area contributed by atoms with Crippen molar-refractivity contribution in [2.24, 2.45) is 0 Å². The first-order chi connectivity index (χ1) is 8.90. The van der Waals surface area contributed by atoms with Gasteiger partial charge in [-0.25, -0.2) is 4.79 Å². The van der Waals surface area contributed by atoms with Crippen LogP contribution < -0.4 is 0 Å². The minimum Gasteiger partial charge on any atom is -0.478 e. The van der Waals surface area contributed by atoms with Gasteiger partial charge in [0, 0.05) is 10.0 Å². The van der Waals surface area contributed by atoms with Gasteiger partial charge in [-0.05, 0) is 60.4 Å². The van der Waals surface area contributed by atoms with Gasteiger partial charge in [-0.1, -0.05) is 29.3 Å². The molecule has 1 N–H and O–H groups in total. The highest BCUT2D eigenvalue weighted by Gasteiger charge is 2.15. The van der Waals surface area contributed by atoms with Crippen molar-refractivity contribution in [1.82, 2.24) is 0 Å². The molecule has 0 spiro atoms. The third-order valence-electron chi connectivity index (χ3n) is 3.01. The lowest BCUT2D eigenvalue weighted by Gasteiger charge is -2.12. The Labute approximate surface area is 121 Å². The monoisotopic (exact) mass is 294 g/mol. The van der Waals surface area contributed by atoms with Crippen molar-refractivity contribution in [3.63, 3.8) is 0 Å². The molecule has 0 unspecified atom stereocenters. The van der Waals surface area contributed by atoms with Crippen LogP contribution in [0.15, 0.2) is 30.3 Å². The molecule has 2 aromatic rings. The molecule has 0 aliphatic carbocycles. The highest BCUT2D eigenvalue weighted by Crippen LogP contribution is 2.32. The normalized spacial score (nSPS) is 10.5. The third kappa shape index (κ3) is 2.75. The van der Waals surface area contributed by atoms with Gasteiger partial charge in [0.2, 0.25) is 0 Å². The van der Waals surface area contributed by atoms with Crippen molar-refractivity contribution in [2.45, 2.75) is 13.8 Å². The summed E-state index contributed by atoms with van der Waals surface area (Å²) in [4.78, 5) is 11.3. The molecule has 19 heavy (non-hydrogen) atoms. The van der Waals surface area contributed by atoms with Crippen LogP contribution in [-0.2, 0) is 0 Å². The highest BCUT2D eigenvalue weighted by molar-refractivity contribution is 6.31. The number of carbonyl (C=O) groups is 1. The SMILES string of the molecule is Cc1cc(-c2ccc(Cl)cc2C(=O)O)c(C)cc1Cl. The maximum Gasteiger partial charge on any atom is 0.336 e. The Morgan fingerprint density at radius 3 is 2.32 bits per heavy atom. The zero-order valence-corrected chi connectivity index (χ0v) is 12.0. The van der Waals surface area contributed by atoms with Crippen LogP contribution in [0, 0.1) is 13.8 Å². The van der Waals surface area contributed by atoms with Crippen LogP contribution in [0.2, 0.25) is 10.0 Å². The van der Waals surface area contributed by atoms with Gasteiger partial charge < -0.3 is 5.11 Å². The van der Waals surface area contributed by atoms with E-state index in [-0.39, 0.29) is 5.56 Å². The van der Waals surface area contributed by atoms with Gasteiger partial charge in [0.25, 0.3) is 0 Å². The molecule has 98 valence electrons. The predicted octanol–water partition coefficient (Wildman–Crippen LogP) is 4.98. The fourth-order valence-electron chi connectivity index (χ4n) is 2.00. The molecule has 0 atom stereocenters. The summed E-state index contributed by atoms with van der Waals surface area (Å²) in [6.45, 7) is 3.79. The molecule has 0 fully saturated rings. The quantitative estimate of drug-likeness (QED) is 0.848. The largest absolute Gasteiger partial charge is 0.478 e. The van der Waals surface area contributed by atoms with E-state index in [0.717, 1.165) is 16.7 Å². The van der Waals surface area contributed by atoms with Crippen LogP contribution in [0.25, 0.3) is 11.1 Å². The minimum atomic E-state index is -0.996. The number of hydrogen-bond donors (Lipinski definition) is 1. The van der Waals surface area contributed by atoms with Gasteiger partial charge in [0.15, 0.2) is 0 Å². The molecule has 0 saturated heterocycles. The number of carboxylic acid groups (broad SMARTS) is 1. The lowest BCUT2D eigenvalue weighted by Crippen LogP contribution is -2.00. The first kappa shape index (κ1) is 13.9. The number of benzene rings is 2. The van der Waals surface area contributed by atoms with Crippen molar-refractivity contribution < 1.29 is 9.90 Å². The fraction of sp³-hybridized carbons (Fsp3) is 0.133. The first-order valence-electron chi connectivity index (χ1n) is 5.70. The minimum absolute atomic E-state index is 0.192. The average Bonchev–Trinajstić information content (AvgIpc) is 2.34. The summed E-state index contributed by atoms with van der Waals surface area (Å²) in [5.41, 5.74) is 3.54. The topological polar surface area (TPSA) is 37.3 Å². The second-order valence-corrected chi connectivity index (χ2v) is 5.26. The zero-order valence-electron chi connectivity index (χ0n) is 10.5. The summed E-state index contributed by atoms with van der Waals surface area (Å²) in [6.07, 6.45) is 0. The van der Waals surface area contributed by atoms with E-state index in [2.05, 4.69) is 0 Å². The van der Waals surface area contributed by atoms with Crippen LogP contribution in [0.3, 0.4) is 0 Å². The Bertz CT molecular complexity index is 663. The van der Waals surface area contributed by atoms with Crippen LogP contribution in [0.5, 0.6) is 0 Å². The lowest BCUT2D eigenvalue weighted by atomic mass is 9.94. The van der Waals surface area contributed by atoms with Crippen LogP contribution in [0.4, 0.5) is 0 Å². The van der Waals surface area contributed by atoms with Crippen LogP contribution in [0.1, 0.15) is 21.5 Å². The van der Waals surface area contributed by atoms with Crippen molar-refractivity contribution in [1.29, 1.82) is 0 Å². The molecular formula is C15H12Cl2O2. The molecule has 2 rings (SSSR count). The van der Waals surface area contributed by atoms with Crippen molar-refractivity contribution >= 4 is 29.2 Å². The lowest BCUT2D eigenvalue weighted by molar-refractivity contribution is 0.0697. The second kappa shape index (κ2) is 5.24. The number of rotatable bonds is 2. The van der Waals surface area contributed by atoms with Crippen molar-refractivity contribution in [2.75, 3.05) is 0 Å². The highest BCUT2D eigenvalue weighted by atomic mass is 35.5. The van der Waals surface area contributed by atoms with Crippen molar-refractivity contribution in [3.8, 4) is 11.1 Å². The van der Waals surface area contributed by atoms with Gasteiger partial charge in [-0.2, -0.15) is 0 Å². The molecule has 0 aliphatic heterocycles. The van der Waals surface area contributed by atoms with E-state index < -0.39 is 5.97 Å². The molecule has 4 heteroatoms. The van der Waals surface area contributed by atoms with E-state index in [0.29, 0.717) is 15.6 Å². The molecule has 0 radical (unpaired) electrons. The maximum absolute atomic E-state index is 11.3.